The van der Waals surface area contributed by atoms with E-state index in [0.29, 0.717) is 50.9 Å². The zero-order valence-corrected chi connectivity index (χ0v) is 24.5. The quantitative estimate of drug-likeness (QED) is 0.238. The van der Waals surface area contributed by atoms with Crippen molar-refractivity contribution in [2.24, 2.45) is 5.92 Å². The van der Waals surface area contributed by atoms with Crippen LogP contribution in [0.4, 0.5) is 10.5 Å². The number of morpholine rings is 1. The van der Waals surface area contributed by atoms with Crippen LogP contribution in [-0.2, 0) is 46.4 Å². The molecule has 1 aromatic rings. The number of nitrogens with one attached hydrogen (secondary N) is 4. The molecule has 1 saturated carbocycles. The van der Waals surface area contributed by atoms with Crippen LogP contribution in [0.15, 0.2) is 18.2 Å². The van der Waals surface area contributed by atoms with Crippen molar-refractivity contribution in [3.8, 4) is 0 Å². The second kappa shape index (κ2) is 14.3. The van der Waals surface area contributed by atoms with Crippen molar-refractivity contribution in [2.75, 3.05) is 44.8 Å². The summed E-state index contributed by atoms with van der Waals surface area (Å²) in [6.45, 7) is 4.53. The highest BCUT2D eigenvalue weighted by Crippen LogP contribution is 2.30. The van der Waals surface area contributed by atoms with E-state index in [1.807, 2.05) is 11.0 Å². The van der Waals surface area contributed by atoms with Crippen LogP contribution >= 0.6 is 0 Å². The summed E-state index contributed by atoms with van der Waals surface area (Å²) >= 11 is 0. The number of benzene rings is 1. The van der Waals surface area contributed by atoms with Crippen molar-refractivity contribution >= 4 is 35.3 Å². The summed E-state index contributed by atoms with van der Waals surface area (Å²) in [5, 5.41) is 11.1. The Balaban J connectivity index is 1.27. The molecule has 0 radical (unpaired) electrons. The summed E-state index contributed by atoms with van der Waals surface area (Å²) in [4.78, 5) is 66.2. The predicted octanol–water partition coefficient (Wildman–Crippen LogP) is 0.646. The van der Waals surface area contributed by atoms with Gasteiger partial charge in [-0.1, -0.05) is 37.8 Å². The minimum Gasteiger partial charge on any atom is -0.444 e. The van der Waals surface area contributed by atoms with Gasteiger partial charge in [-0.25, -0.2) is 4.79 Å². The van der Waals surface area contributed by atoms with Crippen LogP contribution in [0.5, 0.6) is 0 Å². The van der Waals surface area contributed by atoms with Gasteiger partial charge in [-0.3, -0.25) is 29.4 Å². The first-order valence-corrected chi connectivity index (χ1v) is 15.2. The first-order chi connectivity index (χ1) is 20.7. The molecule has 3 heterocycles. The van der Waals surface area contributed by atoms with E-state index in [4.69, 9.17) is 14.2 Å². The lowest BCUT2D eigenvalue weighted by Gasteiger charge is -2.27. The van der Waals surface area contributed by atoms with E-state index in [1.54, 1.807) is 19.1 Å². The molecule has 3 aliphatic heterocycles. The summed E-state index contributed by atoms with van der Waals surface area (Å²) in [6, 6.07) is 2.68. The number of nitrogens with zero attached hydrogens (tertiary/aromatic N) is 1. The van der Waals surface area contributed by atoms with E-state index in [0.717, 1.165) is 36.8 Å². The van der Waals surface area contributed by atoms with Gasteiger partial charge in [0.25, 0.3) is 0 Å². The Kier molecular flexibility index (Phi) is 10.3. The summed E-state index contributed by atoms with van der Waals surface area (Å²) in [5.74, 6) is -1.10. The Bertz CT molecular complexity index is 1210. The maximum Gasteiger partial charge on any atom is 0.411 e. The maximum absolute atomic E-state index is 13.7. The van der Waals surface area contributed by atoms with E-state index in [2.05, 4.69) is 21.3 Å². The van der Waals surface area contributed by atoms with Crippen LogP contribution < -0.4 is 21.3 Å². The van der Waals surface area contributed by atoms with E-state index >= 15 is 0 Å². The van der Waals surface area contributed by atoms with Crippen LogP contribution in [0.2, 0.25) is 0 Å². The van der Waals surface area contributed by atoms with Gasteiger partial charge in [0.15, 0.2) is 5.78 Å². The summed E-state index contributed by atoms with van der Waals surface area (Å²) < 4.78 is 15.6. The number of carbonyl (C=O) groups excluding carboxylic acids is 5. The highest BCUT2D eigenvalue weighted by atomic mass is 16.6. The lowest BCUT2D eigenvalue weighted by molar-refractivity contribution is -0.133. The van der Waals surface area contributed by atoms with Gasteiger partial charge < -0.3 is 30.2 Å². The number of Topliss-reactive ketones (excluding diaryl/α,β-unsaturated/α-hetero) is 1. The molecule has 1 aromatic carbocycles. The van der Waals surface area contributed by atoms with Gasteiger partial charge in [0, 0.05) is 25.1 Å². The Morgan fingerprint density at radius 3 is 2.47 bits per heavy atom. The van der Waals surface area contributed by atoms with Crippen molar-refractivity contribution in [3.05, 3.63) is 29.3 Å². The Hall–Kier alpha value is -3.55. The van der Waals surface area contributed by atoms with Crippen LogP contribution in [0.25, 0.3) is 0 Å². The molecule has 4 N–H and O–H groups in total. The summed E-state index contributed by atoms with van der Waals surface area (Å²) in [7, 11) is 0. The Morgan fingerprint density at radius 2 is 1.74 bits per heavy atom. The molecule has 3 fully saturated rings. The number of amides is 4. The Labute approximate surface area is 250 Å². The second-order valence-electron chi connectivity index (χ2n) is 11.8. The minimum absolute atomic E-state index is 0.0871. The predicted molar refractivity (Wildman–Crippen MR) is 154 cm³/mol. The second-order valence-corrected chi connectivity index (χ2v) is 11.8. The van der Waals surface area contributed by atoms with Gasteiger partial charge >= 0.3 is 6.09 Å². The number of ketones is 1. The molecule has 4 atom stereocenters. The monoisotopic (exact) mass is 599 g/mol. The molecule has 4 aliphatic rings. The topological polar surface area (TPSA) is 168 Å². The zero-order chi connectivity index (χ0) is 30.3. The van der Waals surface area contributed by atoms with Crippen LogP contribution in [-0.4, -0.2) is 98.2 Å². The molecule has 5 rings (SSSR count). The van der Waals surface area contributed by atoms with Crippen molar-refractivity contribution in [2.45, 2.75) is 76.3 Å². The number of hydrogen-bond acceptors (Lipinski definition) is 9. The van der Waals surface area contributed by atoms with Gasteiger partial charge in [-0.15, -0.1) is 0 Å². The lowest BCUT2D eigenvalue weighted by Crippen LogP contribution is -2.57. The SMILES string of the molecule is CC(NC(=O)CN1CCOCC1)C(=O)NC(Cc1ccc2c(c1)COC(=O)N2)C(=O)NC(CC1CCCC1)C(=O)C1CO1. The standard InChI is InChI=1S/C30H41N5O8/c1-18(31-26(36)15-35-8-10-41-11-9-35)28(38)33-24(14-20-6-7-22-21(12-20)16-43-30(40)34-22)29(39)32-23(27(37)25-17-42-25)13-19-4-2-3-5-19/h6-7,12,18-19,23-25H,2-5,8-11,13-17H2,1H3,(H,31,36)(H,32,39)(H,33,38)(H,34,40). The molecule has 43 heavy (non-hydrogen) atoms. The van der Waals surface area contributed by atoms with Crippen LogP contribution in [0.1, 0.15) is 50.2 Å². The fraction of sp³-hybridized carbons (Fsp3) is 0.633. The van der Waals surface area contributed by atoms with E-state index in [9.17, 15) is 24.0 Å². The number of fused-ring (bicyclic) bond motifs is 1. The van der Waals surface area contributed by atoms with Gasteiger partial charge in [-0.05, 0) is 30.9 Å². The highest BCUT2D eigenvalue weighted by Gasteiger charge is 2.39. The third kappa shape index (κ3) is 8.74. The summed E-state index contributed by atoms with van der Waals surface area (Å²) in [6.07, 6.45) is 3.86. The van der Waals surface area contributed by atoms with Gasteiger partial charge in [0.05, 0.1) is 38.1 Å². The number of epoxide rings is 1. The number of rotatable bonds is 13. The first-order valence-electron chi connectivity index (χ1n) is 15.2. The number of hydrogen-bond donors (Lipinski definition) is 4. The van der Waals surface area contributed by atoms with Crippen molar-refractivity contribution < 1.29 is 38.2 Å². The average Bonchev–Trinajstić information content (AvgIpc) is 3.72. The molecular weight excluding hydrogens is 558 g/mol. The molecule has 0 aromatic heterocycles. The van der Waals surface area contributed by atoms with Crippen molar-refractivity contribution in [3.63, 3.8) is 0 Å². The average molecular weight is 600 g/mol. The van der Waals surface area contributed by atoms with E-state index in [1.165, 1.54) is 0 Å². The molecule has 2 saturated heterocycles. The molecule has 4 unspecified atom stereocenters. The molecule has 0 bridgehead atoms. The van der Waals surface area contributed by atoms with E-state index < -0.39 is 42.1 Å². The summed E-state index contributed by atoms with van der Waals surface area (Å²) in [5.41, 5.74) is 2.09. The lowest BCUT2D eigenvalue weighted by atomic mass is 9.94. The smallest absolute Gasteiger partial charge is 0.411 e. The first kappa shape index (κ1) is 30.9. The fourth-order valence-electron chi connectivity index (χ4n) is 5.90. The number of carbonyl (C=O) groups is 5. The highest BCUT2D eigenvalue weighted by molar-refractivity contribution is 5.96. The minimum atomic E-state index is -1.03. The third-order valence-corrected chi connectivity index (χ3v) is 8.43. The number of cyclic esters (lactones) is 1. The maximum atomic E-state index is 13.7. The molecule has 1 aliphatic carbocycles. The van der Waals surface area contributed by atoms with Gasteiger partial charge in [0.2, 0.25) is 17.7 Å². The molecule has 13 heteroatoms. The fourth-order valence-corrected chi connectivity index (χ4v) is 5.90. The van der Waals surface area contributed by atoms with Crippen molar-refractivity contribution in [1.29, 1.82) is 0 Å². The van der Waals surface area contributed by atoms with Crippen LogP contribution in [0, 0.1) is 5.92 Å². The number of anilines is 1. The van der Waals surface area contributed by atoms with Gasteiger partial charge in [-0.2, -0.15) is 0 Å². The molecule has 13 nitrogen and oxygen atoms in total. The van der Waals surface area contributed by atoms with E-state index in [-0.39, 0.29) is 31.3 Å². The Morgan fingerprint density at radius 1 is 1.02 bits per heavy atom. The molecular formula is C30H41N5O8. The van der Waals surface area contributed by atoms with Gasteiger partial charge in [0.1, 0.15) is 24.8 Å². The normalized spacial score (nSPS) is 22.3. The molecule has 0 spiro atoms. The van der Waals surface area contributed by atoms with Crippen molar-refractivity contribution in [1.82, 2.24) is 20.9 Å². The molecule has 234 valence electrons. The number of ether oxygens (including phenoxy) is 3. The zero-order valence-electron chi connectivity index (χ0n) is 24.5. The van der Waals surface area contributed by atoms with Crippen LogP contribution in [0.3, 0.4) is 0 Å². The third-order valence-electron chi connectivity index (χ3n) is 8.43. The largest absolute Gasteiger partial charge is 0.444 e. The molecule has 4 amide bonds.